The first-order valence-corrected chi connectivity index (χ1v) is 6.76. The Morgan fingerprint density at radius 2 is 2.29 bits per heavy atom. The number of ether oxygens (including phenoxy) is 1. The number of morpholine rings is 1. The molecule has 100 valence electrons. The summed E-state index contributed by atoms with van der Waals surface area (Å²) in [5.41, 5.74) is 5.56. The zero-order chi connectivity index (χ0) is 12.7. The SMILES string of the molecule is CCC(CCN)CCC(=O)N1CCOC[C@H]1C. The van der Waals surface area contributed by atoms with Gasteiger partial charge in [-0.1, -0.05) is 13.3 Å². The summed E-state index contributed by atoms with van der Waals surface area (Å²) in [5.74, 6) is 0.872. The van der Waals surface area contributed by atoms with Gasteiger partial charge in [0.25, 0.3) is 0 Å². The summed E-state index contributed by atoms with van der Waals surface area (Å²) in [5, 5.41) is 0. The topological polar surface area (TPSA) is 55.6 Å². The molecule has 1 fully saturated rings. The highest BCUT2D eigenvalue weighted by Crippen LogP contribution is 2.17. The largest absolute Gasteiger partial charge is 0.377 e. The second kappa shape index (κ2) is 7.67. The molecule has 0 spiro atoms. The van der Waals surface area contributed by atoms with Crippen LogP contribution in [0.15, 0.2) is 0 Å². The maximum atomic E-state index is 12.1. The zero-order valence-corrected chi connectivity index (χ0v) is 11.2. The molecule has 1 heterocycles. The van der Waals surface area contributed by atoms with E-state index in [0.29, 0.717) is 25.6 Å². The molecular formula is C13H26N2O2. The number of carbonyl (C=O) groups is 1. The Balaban J connectivity index is 2.32. The van der Waals surface area contributed by atoms with Crippen molar-refractivity contribution in [2.45, 2.75) is 45.6 Å². The van der Waals surface area contributed by atoms with Crippen LogP contribution < -0.4 is 5.73 Å². The normalized spacial score (nSPS) is 22.5. The maximum Gasteiger partial charge on any atom is 0.222 e. The molecule has 0 bridgehead atoms. The molecule has 0 aromatic carbocycles. The van der Waals surface area contributed by atoms with Crippen LogP contribution in [0.4, 0.5) is 0 Å². The van der Waals surface area contributed by atoms with Crippen molar-refractivity contribution in [2.24, 2.45) is 11.7 Å². The third-order valence-electron chi connectivity index (χ3n) is 3.61. The summed E-state index contributed by atoms with van der Waals surface area (Å²) < 4.78 is 5.34. The first kappa shape index (κ1) is 14.5. The Morgan fingerprint density at radius 3 is 2.88 bits per heavy atom. The number of nitrogens with zero attached hydrogens (tertiary/aromatic N) is 1. The van der Waals surface area contributed by atoms with Crippen molar-refractivity contribution in [3.63, 3.8) is 0 Å². The van der Waals surface area contributed by atoms with Crippen LogP contribution in [0.3, 0.4) is 0 Å². The van der Waals surface area contributed by atoms with Gasteiger partial charge < -0.3 is 15.4 Å². The average molecular weight is 242 g/mol. The third-order valence-corrected chi connectivity index (χ3v) is 3.61. The van der Waals surface area contributed by atoms with Crippen LogP contribution in [-0.4, -0.2) is 43.2 Å². The minimum atomic E-state index is 0.228. The van der Waals surface area contributed by atoms with Gasteiger partial charge >= 0.3 is 0 Å². The van der Waals surface area contributed by atoms with E-state index in [2.05, 4.69) is 6.92 Å². The second-order valence-corrected chi connectivity index (χ2v) is 4.90. The Labute approximate surface area is 104 Å². The fourth-order valence-corrected chi connectivity index (χ4v) is 2.36. The van der Waals surface area contributed by atoms with Crippen molar-refractivity contribution >= 4 is 5.91 Å². The van der Waals surface area contributed by atoms with Crippen molar-refractivity contribution < 1.29 is 9.53 Å². The molecule has 1 unspecified atom stereocenters. The van der Waals surface area contributed by atoms with Crippen molar-refractivity contribution in [1.82, 2.24) is 4.90 Å². The van der Waals surface area contributed by atoms with Crippen molar-refractivity contribution in [2.75, 3.05) is 26.3 Å². The number of nitrogens with two attached hydrogens (primary N) is 1. The van der Waals surface area contributed by atoms with E-state index in [1.54, 1.807) is 0 Å². The summed E-state index contributed by atoms with van der Waals surface area (Å²) in [6, 6.07) is 0.228. The zero-order valence-electron chi connectivity index (χ0n) is 11.2. The summed E-state index contributed by atoms with van der Waals surface area (Å²) in [7, 11) is 0. The highest BCUT2D eigenvalue weighted by Gasteiger charge is 2.23. The molecule has 4 heteroatoms. The average Bonchev–Trinajstić information content (AvgIpc) is 2.34. The Morgan fingerprint density at radius 1 is 1.53 bits per heavy atom. The number of hydrogen-bond acceptors (Lipinski definition) is 3. The molecule has 1 amide bonds. The van der Waals surface area contributed by atoms with Gasteiger partial charge in [0.1, 0.15) is 0 Å². The van der Waals surface area contributed by atoms with E-state index in [1.165, 1.54) is 0 Å². The van der Waals surface area contributed by atoms with E-state index in [1.807, 2.05) is 11.8 Å². The molecule has 2 N–H and O–H groups in total. The van der Waals surface area contributed by atoms with Gasteiger partial charge in [0, 0.05) is 13.0 Å². The molecule has 0 aromatic rings. The highest BCUT2D eigenvalue weighted by molar-refractivity contribution is 5.76. The number of amides is 1. The molecule has 0 radical (unpaired) electrons. The molecule has 17 heavy (non-hydrogen) atoms. The third kappa shape index (κ3) is 4.64. The number of rotatable bonds is 6. The molecule has 1 rings (SSSR count). The van der Waals surface area contributed by atoms with E-state index < -0.39 is 0 Å². The second-order valence-electron chi connectivity index (χ2n) is 4.90. The van der Waals surface area contributed by atoms with Crippen LogP contribution in [-0.2, 0) is 9.53 Å². The molecule has 0 aromatic heterocycles. The summed E-state index contributed by atoms with van der Waals surface area (Å²) in [4.78, 5) is 14.0. The van der Waals surface area contributed by atoms with Gasteiger partial charge in [-0.25, -0.2) is 0 Å². The van der Waals surface area contributed by atoms with E-state index in [-0.39, 0.29) is 11.9 Å². The monoisotopic (exact) mass is 242 g/mol. The van der Waals surface area contributed by atoms with Crippen LogP contribution in [0, 0.1) is 5.92 Å². The van der Waals surface area contributed by atoms with Gasteiger partial charge in [-0.3, -0.25) is 4.79 Å². The van der Waals surface area contributed by atoms with Crippen LogP contribution in [0.5, 0.6) is 0 Å². The van der Waals surface area contributed by atoms with Gasteiger partial charge in [0.2, 0.25) is 5.91 Å². The molecule has 4 nitrogen and oxygen atoms in total. The number of carbonyl (C=O) groups excluding carboxylic acids is 1. The minimum absolute atomic E-state index is 0.228. The predicted molar refractivity (Wildman–Crippen MR) is 68.7 cm³/mol. The predicted octanol–water partition coefficient (Wildman–Crippen LogP) is 1.39. The van der Waals surface area contributed by atoms with Crippen molar-refractivity contribution in [1.29, 1.82) is 0 Å². The lowest BCUT2D eigenvalue weighted by molar-refractivity contribution is -0.139. The van der Waals surface area contributed by atoms with Crippen LogP contribution in [0.25, 0.3) is 0 Å². The van der Waals surface area contributed by atoms with E-state index in [4.69, 9.17) is 10.5 Å². The van der Waals surface area contributed by atoms with Gasteiger partial charge in [-0.15, -0.1) is 0 Å². The quantitative estimate of drug-likeness (QED) is 0.765. The summed E-state index contributed by atoms with van der Waals surface area (Å²) in [6.45, 7) is 7.03. The van der Waals surface area contributed by atoms with Gasteiger partial charge in [-0.05, 0) is 32.2 Å². The summed E-state index contributed by atoms with van der Waals surface area (Å²) >= 11 is 0. The lowest BCUT2D eigenvalue weighted by Gasteiger charge is -2.33. The Bertz CT molecular complexity index is 233. The van der Waals surface area contributed by atoms with Gasteiger partial charge in [0.15, 0.2) is 0 Å². The lowest BCUT2D eigenvalue weighted by Crippen LogP contribution is -2.47. The number of hydrogen-bond donors (Lipinski definition) is 1. The standard InChI is InChI=1S/C13H26N2O2/c1-3-12(6-7-14)4-5-13(16)15-8-9-17-10-11(15)2/h11-12H,3-10,14H2,1-2H3/t11-,12?/m1/s1. The lowest BCUT2D eigenvalue weighted by atomic mass is 9.96. The maximum absolute atomic E-state index is 12.1. The molecule has 1 saturated heterocycles. The molecule has 1 aliphatic heterocycles. The summed E-state index contributed by atoms with van der Waals surface area (Å²) in [6.07, 6.45) is 3.77. The minimum Gasteiger partial charge on any atom is -0.377 e. The van der Waals surface area contributed by atoms with Crippen LogP contribution in [0.1, 0.15) is 39.5 Å². The van der Waals surface area contributed by atoms with Gasteiger partial charge in [0.05, 0.1) is 19.3 Å². The molecule has 1 aliphatic rings. The van der Waals surface area contributed by atoms with Crippen LogP contribution in [0.2, 0.25) is 0 Å². The molecule has 2 atom stereocenters. The van der Waals surface area contributed by atoms with E-state index >= 15 is 0 Å². The van der Waals surface area contributed by atoms with Crippen molar-refractivity contribution in [3.05, 3.63) is 0 Å². The van der Waals surface area contributed by atoms with Gasteiger partial charge in [-0.2, -0.15) is 0 Å². The van der Waals surface area contributed by atoms with E-state index in [9.17, 15) is 4.79 Å². The smallest absolute Gasteiger partial charge is 0.222 e. The first-order chi connectivity index (χ1) is 8.19. The molecule has 0 aliphatic carbocycles. The van der Waals surface area contributed by atoms with Crippen molar-refractivity contribution in [3.8, 4) is 0 Å². The molecular weight excluding hydrogens is 216 g/mol. The molecule has 0 saturated carbocycles. The fourth-order valence-electron chi connectivity index (χ4n) is 2.36. The van der Waals surface area contributed by atoms with Crippen LogP contribution >= 0.6 is 0 Å². The van der Waals surface area contributed by atoms with E-state index in [0.717, 1.165) is 32.4 Å². The Kier molecular flexibility index (Phi) is 6.52. The fraction of sp³-hybridized carbons (Fsp3) is 0.923. The first-order valence-electron chi connectivity index (χ1n) is 6.76. The highest BCUT2D eigenvalue weighted by atomic mass is 16.5. The Hall–Kier alpha value is -0.610.